The van der Waals surface area contributed by atoms with Crippen LogP contribution in [0.5, 0.6) is 0 Å². The van der Waals surface area contributed by atoms with Crippen LogP contribution in [0.4, 0.5) is 4.79 Å². The number of nitrogens with zero attached hydrogens (tertiary/aromatic N) is 7. The predicted molar refractivity (Wildman–Crippen MR) is 111 cm³/mol. The number of fused-ring (bicyclic) bond motifs is 1. The third-order valence-corrected chi connectivity index (χ3v) is 6.34. The number of rotatable bonds is 3. The molecule has 0 spiro atoms. The molecule has 1 N–H and O–H groups in total. The van der Waals surface area contributed by atoms with Gasteiger partial charge in [-0.3, -0.25) is 0 Å². The summed E-state index contributed by atoms with van der Waals surface area (Å²) in [5.74, 6) is 1.83. The van der Waals surface area contributed by atoms with E-state index in [9.17, 15) is 4.79 Å². The summed E-state index contributed by atoms with van der Waals surface area (Å²) in [5, 5.41) is 20.9. The molecule has 158 valence electrons. The average molecular weight is 409 g/mol. The van der Waals surface area contributed by atoms with Gasteiger partial charge in [-0.15, -0.1) is 15.3 Å². The number of urea groups is 1. The number of aromatic nitrogens is 6. The molecular weight excluding hydrogens is 380 g/mol. The molecule has 1 aliphatic carbocycles. The molecule has 9 heteroatoms. The van der Waals surface area contributed by atoms with Crippen LogP contribution in [0.2, 0.25) is 0 Å². The zero-order valence-electron chi connectivity index (χ0n) is 17.2. The number of hydrogen-bond acceptors (Lipinski definition) is 5. The predicted octanol–water partition coefficient (Wildman–Crippen LogP) is 2.92. The van der Waals surface area contributed by atoms with E-state index in [0.717, 1.165) is 56.1 Å². The molecule has 1 aliphatic heterocycles. The van der Waals surface area contributed by atoms with Gasteiger partial charge in [-0.05, 0) is 43.9 Å². The van der Waals surface area contributed by atoms with Crippen molar-refractivity contribution in [3.63, 3.8) is 0 Å². The first-order valence-electron chi connectivity index (χ1n) is 11.1. The maximum atomic E-state index is 12.7. The molecule has 5 rings (SSSR count). The van der Waals surface area contributed by atoms with Crippen molar-refractivity contribution in [2.45, 2.75) is 63.3 Å². The Morgan fingerprint density at radius 3 is 2.53 bits per heavy atom. The fraction of sp³-hybridized carbons (Fsp3) is 0.571. The van der Waals surface area contributed by atoms with Crippen LogP contribution in [-0.4, -0.2) is 59.7 Å². The summed E-state index contributed by atoms with van der Waals surface area (Å²) in [5.41, 5.74) is 0.731. The van der Waals surface area contributed by atoms with E-state index in [1.54, 1.807) is 10.9 Å². The number of likely N-dealkylation sites (tertiary alicyclic amines) is 1. The van der Waals surface area contributed by atoms with Crippen molar-refractivity contribution in [2.75, 3.05) is 13.1 Å². The molecule has 0 bridgehead atoms. The van der Waals surface area contributed by atoms with Gasteiger partial charge in [0.05, 0.1) is 0 Å². The van der Waals surface area contributed by atoms with Crippen LogP contribution < -0.4 is 5.32 Å². The largest absolute Gasteiger partial charge is 0.335 e. The highest BCUT2D eigenvalue weighted by atomic mass is 16.2. The SMILES string of the molecule is O=C(NC1CCCCCC1)N1CCC(c2nnc3ccc(-n4cccn4)nn23)CC1. The van der Waals surface area contributed by atoms with E-state index in [-0.39, 0.29) is 11.9 Å². The van der Waals surface area contributed by atoms with Crippen molar-refractivity contribution in [3.05, 3.63) is 36.4 Å². The van der Waals surface area contributed by atoms with E-state index in [0.29, 0.717) is 6.04 Å². The Balaban J connectivity index is 1.24. The van der Waals surface area contributed by atoms with Gasteiger partial charge in [-0.25, -0.2) is 9.48 Å². The summed E-state index contributed by atoms with van der Waals surface area (Å²) in [6.45, 7) is 1.47. The van der Waals surface area contributed by atoms with Crippen molar-refractivity contribution in [1.82, 2.24) is 39.8 Å². The Morgan fingerprint density at radius 1 is 1.00 bits per heavy atom. The van der Waals surface area contributed by atoms with E-state index >= 15 is 0 Å². The Bertz CT molecular complexity index is 982. The lowest BCUT2D eigenvalue weighted by atomic mass is 9.96. The highest BCUT2D eigenvalue weighted by Crippen LogP contribution is 2.27. The lowest BCUT2D eigenvalue weighted by Crippen LogP contribution is -2.47. The van der Waals surface area contributed by atoms with Crippen LogP contribution in [0.15, 0.2) is 30.6 Å². The topological polar surface area (TPSA) is 93.2 Å². The summed E-state index contributed by atoms with van der Waals surface area (Å²) < 4.78 is 3.55. The first-order chi connectivity index (χ1) is 14.8. The van der Waals surface area contributed by atoms with Crippen molar-refractivity contribution >= 4 is 11.7 Å². The van der Waals surface area contributed by atoms with E-state index < -0.39 is 0 Å². The molecule has 3 aromatic rings. The average Bonchev–Trinajstić information content (AvgIpc) is 3.39. The number of carbonyl (C=O) groups excluding carboxylic acids is 1. The third kappa shape index (κ3) is 3.88. The number of hydrogen-bond donors (Lipinski definition) is 1. The molecule has 0 radical (unpaired) electrons. The molecule has 0 unspecified atom stereocenters. The quantitative estimate of drug-likeness (QED) is 0.673. The fourth-order valence-corrected chi connectivity index (χ4v) is 4.61. The van der Waals surface area contributed by atoms with Crippen LogP contribution in [0.25, 0.3) is 11.5 Å². The minimum Gasteiger partial charge on any atom is -0.335 e. The molecule has 0 aromatic carbocycles. The van der Waals surface area contributed by atoms with Gasteiger partial charge in [0.1, 0.15) is 0 Å². The standard InChI is InChI=1S/C21H28N8O/c30-21(23-17-6-3-1-2-4-7-17)27-14-10-16(11-15-27)20-25-24-18-8-9-19(26-29(18)20)28-13-5-12-22-28/h5,8-9,12-13,16-17H,1-4,6-7,10-11,14-15H2,(H,23,30). The molecule has 3 aromatic heterocycles. The summed E-state index contributed by atoms with van der Waals surface area (Å²) >= 11 is 0. The van der Waals surface area contributed by atoms with E-state index in [2.05, 4.69) is 20.6 Å². The van der Waals surface area contributed by atoms with E-state index in [1.165, 1.54) is 25.7 Å². The van der Waals surface area contributed by atoms with Gasteiger partial charge in [-0.1, -0.05) is 25.7 Å². The Kier molecular flexibility index (Phi) is 5.33. The van der Waals surface area contributed by atoms with Crippen molar-refractivity contribution in [1.29, 1.82) is 0 Å². The molecule has 30 heavy (non-hydrogen) atoms. The maximum absolute atomic E-state index is 12.7. The van der Waals surface area contributed by atoms with Crippen LogP contribution in [0.1, 0.15) is 63.1 Å². The first kappa shape index (κ1) is 19.0. The monoisotopic (exact) mass is 408 g/mol. The maximum Gasteiger partial charge on any atom is 0.317 e. The zero-order chi connectivity index (χ0) is 20.3. The van der Waals surface area contributed by atoms with Crippen LogP contribution in [-0.2, 0) is 0 Å². The summed E-state index contributed by atoms with van der Waals surface area (Å²) in [4.78, 5) is 14.7. The minimum absolute atomic E-state index is 0.0885. The Labute approximate surface area is 175 Å². The smallest absolute Gasteiger partial charge is 0.317 e. The van der Waals surface area contributed by atoms with Crippen LogP contribution >= 0.6 is 0 Å². The molecule has 9 nitrogen and oxygen atoms in total. The Morgan fingerprint density at radius 2 is 1.80 bits per heavy atom. The molecule has 2 amide bonds. The second-order valence-electron chi connectivity index (χ2n) is 8.37. The van der Waals surface area contributed by atoms with Crippen LogP contribution in [0.3, 0.4) is 0 Å². The lowest BCUT2D eigenvalue weighted by Gasteiger charge is -2.32. The van der Waals surface area contributed by atoms with Gasteiger partial charge >= 0.3 is 6.03 Å². The normalized spacial score (nSPS) is 19.1. The number of piperidine rings is 1. The summed E-state index contributed by atoms with van der Waals surface area (Å²) in [7, 11) is 0. The van der Waals surface area contributed by atoms with E-state index in [4.69, 9.17) is 5.10 Å². The molecule has 1 saturated heterocycles. The summed E-state index contributed by atoms with van der Waals surface area (Å²) in [6, 6.07) is 6.10. The number of carbonyl (C=O) groups is 1. The van der Waals surface area contributed by atoms with Crippen molar-refractivity contribution < 1.29 is 4.79 Å². The molecule has 2 aliphatic rings. The summed E-state index contributed by atoms with van der Waals surface area (Å²) in [6.07, 6.45) is 12.6. The molecular formula is C21H28N8O. The number of amides is 2. The highest BCUT2D eigenvalue weighted by molar-refractivity contribution is 5.74. The van der Waals surface area contributed by atoms with Gasteiger partial charge < -0.3 is 10.2 Å². The fourth-order valence-electron chi connectivity index (χ4n) is 4.61. The molecule has 1 saturated carbocycles. The van der Waals surface area contributed by atoms with Crippen LogP contribution in [0, 0.1) is 0 Å². The minimum atomic E-state index is 0.0885. The number of nitrogens with one attached hydrogen (secondary N) is 1. The van der Waals surface area contributed by atoms with Gasteiger partial charge in [0, 0.05) is 37.4 Å². The second kappa shape index (κ2) is 8.41. The van der Waals surface area contributed by atoms with Crippen molar-refractivity contribution in [3.8, 4) is 5.82 Å². The van der Waals surface area contributed by atoms with E-state index in [1.807, 2.05) is 33.8 Å². The van der Waals surface area contributed by atoms with Crippen molar-refractivity contribution in [2.24, 2.45) is 0 Å². The first-order valence-corrected chi connectivity index (χ1v) is 11.1. The Hall–Kier alpha value is -2.97. The molecule has 2 fully saturated rings. The van der Waals surface area contributed by atoms with Gasteiger partial charge in [0.15, 0.2) is 17.3 Å². The van der Waals surface area contributed by atoms with Gasteiger partial charge in [-0.2, -0.15) is 9.61 Å². The third-order valence-electron chi connectivity index (χ3n) is 6.34. The zero-order valence-corrected chi connectivity index (χ0v) is 17.2. The molecule has 0 atom stereocenters. The highest BCUT2D eigenvalue weighted by Gasteiger charge is 2.28. The van der Waals surface area contributed by atoms with Gasteiger partial charge in [0.25, 0.3) is 0 Å². The molecule has 4 heterocycles. The van der Waals surface area contributed by atoms with Gasteiger partial charge in [0.2, 0.25) is 0 Å². The lowest BCUT2D eigenvalue weighted by molar-refractivity contribution is 0.175. The second-order valence-corrected chi connectivity index (χ2v) is 8.37.